The Kier molecular flexibility index (Phi) is 8.26. The Hall–Kier alpha value is -3.03. The van der Waals surface area contributed by atoms with Gasteiger partial charge in [-0.2, -0.15) is 0 Å². The third-order valence-electron chi connectivity index (χ3n) is 4.76. The number of carbonyl (C=O) groups excluding carboxylic acids is 3. The molecule has 0 radical (unpaired) electrons. The summed E-state index contributed by atoms with van der Waals surface area (Å²) in [6, 6.07) is -4.78. The van der Waals surface area contributed by atoms with Crippen LogP contribution in [0.5, 0.6) is 0 Å². The maximum Gasteiger partial charge on any atom is 0.328 e. The molecule has 3 amide bonds. The molecule has 0 saturated carbocycles. The van der Waals surface area contributed by atoms with Gasteiger partial charge in [-0.05, 0) is 12.8 Å². The average molecular weight is 426 g/mol. The number of carboxylic acids is 1. The van der Waals surface area contributed by atoms with Crippen LogP contribution in [0.1, 0.15) is 18.5 Å². The number of amides is 3. The Bertz CT molecular complexity index is 756. The summed E-state index contributed by atoms with van der Waals surface area (Å²) in [5, 5.41) is 32.2. The van der Waals surface area contributed by atoms with Gasteiger partial charge in [-0.15, -0.1) is 0 Å². The number of aliphatic hydroxyl groups excluding tert-OH is 2. The van der Waals surface area contributed by atoms with Crippen molar-refractivity contribution in [2.24, 2.45) is 5.73 Å². The first-order valence-corrected chi connectivity index (χ1v) is 9.37. The second-order valence-corrected chi connectivity index (χ2v) is 6.90. The molecule has 30 heavy (non-hydrogen) atoms. The van der Waals surface area contributed by atoms with E-state index in [0.717, 1.165) is 0 Å². The summed E-state index contributed by atoms with van der Waals surface area (Å²) in [5.74, 6) is -3.49. The molecule has 4 atom stereocenters. The van der Waals surface area contributed by atoms with Crippen molar-refractivity contribution >= 4 is 23.7 Å². The van der Waals surface area contributed by atoms with Gasteiger partial charge in [0.25, 0.3) is 0 Å². The van der Waals surface area contributed by atoms with Crippen molar-refractivity contribution in [2.75, 3.05) is 19.8 Å². The number of hydrogen-bond donors (Lipinski definition) is 7. The first-order valence-electron chi connectivity index (χ1n) is 9.37. The minimum atomic E-state index is -1.50. The molecule has 4 unspecified atom stereocenters. The summed E-state index contributed by atoms with van der Waals surface area (Å²) in [6.07, 6.45) is 3.84. The molecule has 0 spiro atoms. The number of carboxylic acid groups (broad SMARTS) is 1. The van der Waals surface area contributed by atoms with E-state index in [1.807, 2.05) is 0 Å². The van der Waals surface area contributed by atoms with E-state index in [2.05, 4.69) is 20.6 Å². The molecule has 166 valence electrons. The van der Waals surface area contributed by atoms with Gasteiger partial charge in [0.15, 0.2) is 0 Å². The number of aromatic nitrogens is 2. The van der Waals surface area contributed by atoms with Crippen LogP contribution < -0.4 is 16.4 Å². The van der Waals surface area contributed by atoms with Gasteiger partial charge in [0.2, 0.25) is 17.7 Å². The summed E-state index contributed by atoms with van der Waals surface area (Å²) >= 11 is 0. The van der Waals surface area contributed by atoms with Crippen LogP contribution in [-0.2, 0) is 25.6 Å². The largest absolute Gasteiger partial charge is 0.480 e. The third kappa shape index (κ3) is 5.75. The second kappa shape index (κ2) is 10.7. The fraction of sp³-hybridized carbons (Fsp3) is 0.588. The lowest BCUT2D eigenvalue weighted by Crippen LogP contribution is -2.58. The van der Waals surface area contributed by atoms with Gasteiger partial charge in [0.05, 0.1) is 25.6 Å². The van der Waals surface area contributed by atoms with Crippen molar-refractivity contribution in [1.82, 2.24) is 25.5 Å². The van der Waals surface area contributed by atoms with Gasteiger partial charge in [0, 0.05) is 24.9 Å². The van der Waals surface area contributed by atoms with E-state index in [4.69, 9.17) is 15.9 Å². The Morgan fingerprint density at radius 3 is 2.50 bits per heavy atom. The van der Waals surface area contributed by atoms with Gasteiger partial charge < -0.3 is 41.6 Å². The number of carbonyl (C=O) groups is 4. The first kappa shape index (κ1) is 23.3. The predicted molar refractivity (Wildman–Crippen MR) is 101 cm³/mol. The van der Waals surface area contributed by atoms with Crippen molar-refractivity contribution in [1.29, 1.82) is 0 Å². The van der Waals surface area contributed by atoms with Crippen molar-refractivity contribution in [3.05, 3.63) is 18.2 Å². The van der Waals surface area contributed by atoms with Gasteiger partial charge in [-0.3, -0.25) is 14.4 Å². The van der Waals surface area contributed by atoms with Crippen LogP contribution in [0.15, 0.2) is 12.5 Å². The van der Waals surface area contributed by atoms with Gasteiger partial charge in [-0.1, -0.05) is 0 Å². The number of nitrogens with two attached hydrogens (primary N) is 1. The van der Waals surface area contributed by atoms with Gasteiger partial charge >= 0.3 is 5.97 Å². The van der Waals surface area contributed by atoms with Crippen LogP contribution in [0.4, 0.5) is 0 Å². The molecular formula is C17H26N6O7. The molecule has 1 aromatic heterocycles. The highest BCUT2D eigenvalue weighted by Gasteiger charge is 2.38. The Balaban J connectivity index is 1.99. The van der Waals surface area contributed by atoms with E-state index in [1.54, 1.807) is 0 Å². The standard InChI is InChI=1S/C17H26N6O7/c18-10(4-9-5-19-8-20-9)14(26)21-11(6-24)16(28)23-3-1-2-13(23)15(27)22-12(7-25)17(29)30/h5,8,10-13,24-25H,1-4,6-7,18H2,(H,19,20)(H,21,26)(H,22,27)(H,29,30). The lowest BCUT2D eigenvalue weighted by atomic mass is 10.1. The van der Waals surface area contributed by atoms with E-state index < -0.39 is 61.1 Å². The molecule has 2 rings (SSSR count). The third-order valence-corrected chi connectivity index (χ3v) is 4.76. The van der Waals surface area contributed by atoms with E-state index in [1.165, 1.54) is 17.4 Å². The van der Waals surface area contributed by atoms with E-state index in [-0.39, 0.29) is 19.4 Å². The lowest BCUT2D eigenvalue weighted by Gasteiger charge is -2.29. The zero-order valence-electron chi connectivity index (χ0n) is 16.2. The molecule has 1 aliphatic rings. The molecule has 2 heterocycles. The summed E-state index contributed by atoms with van der Waals surface area (Å²) < 4.78 is 0. The lowest BCUT2D eigenvalue weighted by molar-refractivity contribution is -0.146. The predicted octanol–water partition coefficient (Wildman–Crippen LogP) is -3.69. The monoisotopic (exact) mass is 426 g/mol. The minimum Gasteiger partial charge on any atom is -0.480 e. The van der Waals surface area contributed by atoms with Crippen molar-refractivity contribution in [2.45, 2.75) is 43.4 Å². The molecule has 0 aliphatic carbocycles. The maximum absolute atomic E-state index is 12.8. The number of nitrogens with one attached hydrogen (secondary N) is 3. The smallest absolute Gasteiger partial charge is 0.328 e. The van der Waals surface area contributed by atoms with Crippen molar-refractivity contribution < 1.29 is 34.5 Å². The molecule has 1 fully saturated rings. The van der Waals surface area contributed by atoms with Crippen molar-refractivity contribution in [3.8, 4) is 0 Å². The highest BCUT2D eigenvalue weighted by molar-refractivity contribution is 5.94. The molecule has 1 aromatic rings. The first-order chi connectivity index (χ1) is 14.3. The normalized spacial score (nSPS) is 19.0. The van der Waals surface area contributed by atoms with Gasteiger partial charge in [-0.25, -0.2) is 9.78 Å². The number of H-pyrrole nitrogens is 1. The fourth-order valence-electron chi connectivity index (χ4n) is 3.15. The Morgan fingerprint density at radius 2 is 1.93 bits per heavy atom. The topological polar surface area (TPSA) is 211 Å². The molecule has 13 heteroatoms. The SMILES string of the molecule is NC(Cc1cnc[nH]1)C(=O)NC(CO)C(=O)N1CCCC1C(=O)NC(CO)C(=O)O. The molecule has 13 nitrogen and oxygen atoms in total. The highest BCUT2D eigenvalue weighted by atomic mass is 16.4. The van der Waals surface area contributed by atoms with Gasteiger partial charge in [0.1, 0.15) is 18.1 Å². The van der Waals surface area contributed by atoms with Crippen LogP contribution in [0, 0.1) is 0 Å². The second-order valence-electron chi connectivity index (χ2n) is 6.90. The minimum absolute atomic E-state index is 0.144. The quantitative estimate of drug-likeness (QED) is 0.196. The molecule has 0 bridgehead atoms. The number of nitrogens with zero attached hydrogens (tertiary/aromatic N) is 2. The number of rotatable bonds is 10. The summed E-state index contributed by atoms with van der Waals surface area (Å²) in [6.45, 7) is -1.31. The fourth-order valence-corrected chi connectivity index (χ4v) is 3.15. The summed E-state index contributed by atoms with van der Waals surface area (Å²) in [7, 11) is 0. The number of likely N-dealkylation sites (tertiary alicyclic amines) is 1. The van der Waals surface area contributed by atoms with E-state index in [9.17, 15) is 24.3 Å². The Morgan fingerprint density at radius 1 is 1.23 bits per heavy atom. The number of aliphatic carboxylic acids is 1. The van der Waals surface area contributed by atoms with Crippen LogP contribution >= 0.6 is 0 Å². The number of hydrogen-bond acceptors (Lipinski definition) is 8. The van der Waals surface area contributed by atoms with E-state index in [0.29, 0.717) is 12.1 Å². The maximum atomic E-state index is 12.8. The zero-order chi connectivity index (χ0) is 22.3. The van der Waals surface area contributed by atoms with Crippen LogP contribution in [-0.4, -0.2) is 97.8 Å². The molecule has 8 N–H and O–H groups in total. The highest BCUT2D eigenvalue weighted by Crippen LogP contribution is 2.19. The molecule has 1 saturated heterocycles. The van der Waals surface area contributed by atoms with Crippen LogP contribution in [0.25, 0.3) is 0 Å². The summed E-state index contributed by atoms with van der Waals surface area (Å²) in [5.41, 5.74) is 6.45. The average Bonchev–Trinajstić information content (AvgIpc) is 3.40. The van der Waals surface area contributed by atoms with Crippen molar-refractivity contribution in [3.63, 3.8) is 0 Å². The Labute approximate surface area is 171 Å². The summed E-state index contributed by atoms with van der Waals surface area (Å²) in [4.78, 5) is 56.3. The number of aliphatic hydroxyl groups is 2. The molecule has 1 aliphatic heterocycles. The van der Waals surface area contributed by atoms with E-state index >= 15 is 0 Å². The van der Waals surface area contributed by atoms with Crippen LogP contribution in [0.3, 0.4) is 0 Å². The number of imidazole rings is 1. The molecular weight excluding hydrogens is 400 g/mol. The number of aromatic amines is 1. The van der Waals surface area contributed by atoms with Crippen LogP contribution in [0.2, 0.25) is 0 Å². The zero-order valence-corrected chi connectivity index (χ0v) is 16.2. The molecule has 0 aromatic carbocycles.